The first-order valence-electron chi connectivity index (χ1n) is 2.05. The molecule has 1 aromatic rings. The Labute approximate surface area is 50.9 Å². The van der Waals surface area contributed by atoms with Crippen LogP contribution in [0.2, 0.25) is 0 Å². The maximum atomic E-state index is 4.87. The average Bonchev–Trinajstić information content (AvgIpc) is 2.19. The summed E-state index contributed by atoms with van der Waals surface area (Å²) in [5.41, 5.74) is 1.73. The zero-order valence-electron chi connectivity index (χ0n) is 4.11. The van der Waals surface area contributed by atoms with Crippen molar-refractivity contribution >= 4 is 17.6 Å². The Hall–Kier alpha value is -0.900. The molecular formula is C4H5N3S. The van der Waals surface area contributed by atoms with E-state index in [9.17, 15) is 0 Å². The fourth-order valence-electron chi connectivity index (χ4n) is 0.363. The molecule has 0 atom stereocenters. The van der Waals surface area contributed by atoms with E-state index in [1.807, 2.05) is 0 Å². The fraction of sp³-hybridized carbons (Fsp3) is 0. The minimum Gasteiger partial charge on any atom is -0.323 e. The Morgan fingerprint density at radius 2 is 2.75 bits per heavy atom. The van der Waals surface area contributed by atoms with Crippen molar-refractivity contribution in [3.8, 4) is 0 Å². The van der Waals surface area contributed by atoms with E-state index in [1.165, 1.54) is 11.3 Å². The van der Waals surface area contributed by atoms with Gasteiger partial charge in [0.25, 0.3) is 0 Å². The van der Waals surface area contributed by atoms with Crippen LogP contribution >= 0.6 is 11.3 Å². The number of hydrogen-bond acceptors (Lipinski definition) is 4. The van der Waals surface area contributed by atoms with Gasteiger partial charge in [-0.3, -0.25) is 4.98 Å². The molecular weight excluding hydrogens is 122 g/mol. The molecule has 4 heteroatoms. The third-order valence-corrected chi connectivity index (χ3v) is 1.36. The lowest BCUT2D eigenvalue weighted by Gasteiger charge is -1.72. The van der Waals surface area contributed by atoms with E-state index in [2.05, 4.69) is 10.1 Å². The first-order valence-corrected chi connectivity index (χ1v) is 2.93. The molecule has 1 heterocycles. The van der Waals surface area contributed by atoms with Gasteiger partial charge in [-0.2, -0.15) is 5.10 Å². The van der Waals surface area contributed by atoms with Gasteiger partial charge in [0.2, 0.25) is 0 Å². The van der Waals surface area contributed by atoms with Gasteiger partial charge in [0.05, 0.1) is 16.6 Å². The predicted octanol–water partition coefficient (Wildman–Crippen LogP) is 0.436. The Balaban J connectivity index is 2.77. The smallest absolute Gasteiger partial charge is 0.0798 e. The molecule has 0 fully saturated rings. The summed E-state index contributed by atoms with van der Waals surface area (Å²) in [6, 6.07) is 0. The molecule has 0 spiro atoms. The second-order valence-corrected chi connectivity index (χ2v) is 2.10. The molecule has 0 amide bonds. The van der Waals surface area contributed by atoms with Crippen LogP contribution in [0.1, 0.15) is 4.88 Å². The van der Waals surface area contributed by atoms with Crippen molar-refractivity contribution in [3.05, 3.63) is 16.6 Å². The average molecular weight is 127 g/mol. The van der Waals surface area contributed by atoms with Crippen LogP contribution in [0.15, 0.2) is 16.8 Å². The van der Waals surface area contributed by atoms with E-state index in [0.717, 1.165) is 4.88 Å². The molecule has 0 radical (unpaired) electrons. The summed E-state index contributed by atoms with van der Waals surface area (Å²) in [6.45, 7) is 0. The zero-order valence-corrected chi connectivity index (χ0v) is 4.93. The van der Waals surface area contributed by atoms with Crippen molar-refractivity contribution in [1.82, 2.24) is 4.98 Å². The van der Waals surface area contributed by atoms with Gasteiger partial charge in [0, 0.05) is 6.20 Å². The summed E-state index contributed by atoms with van der Waals surface area (Å²) in [5, 5.41) is 3.32. The predicted molar refractivity (Wildman–Crippen MR) is 33.9 cm³/mol. The van der Waals surface area contributed by atoms with Crippen LogP contribution in [-0.4, -0.2) is 11.2 Å². The Morgan fingerprint density at radius 1 is 1.88 bits per heavy atom. The summed E-state index contributed by atoms with van der Waals surface area (Å²) < 4.78 is 0. The monoisotopic (exact) mass is 127 g/mol. The van der Waals surface area contributed by atoms with Crippen molar-refractivity contribution in [3.63, 3.8) is 0 Å². The van der Waals surface area contributed by atoms with Crippen LogP contribution in [0.3, 0.4) is 0 Å². The van der Waals surface area contributed by atoms with Crippen LogP contribution in [-0.2, 0) is 0 Å². The van der Waals surface area contributed by atoms with E-state index < -0.39 is 0 Å². The van der Waals surface area contributed by atoms with Gasteiger partial charge in [0.1, 0.15) is 0 Å². The molecule has 0 bridgehead atoms. The van der Waals surface area contributed by atoms with Gasteiger partial charge < -0.3 is 5.84 Å². The van der Waals surface area contributed by atoms with Crippen LogP contribution in [0, 0.1) is 0 Å². The molecule has 2 N–H and O–H groups in total. The van der Waals surface area contributed by atoms with Crippen molar-refractivity contribution in [2.24, 2.45) is 10.9 Å². The van der Waals surface area contributed by atoms with Crippen molar-refractivity contribution in [2.75, 3.05) is 0 Å². The summed E-state index contributed by atoms with van der Waals surface area (Å²) in [6.07, 6.45) is 3.28. The topological polar surface area (TPSA) is 51.3 Å². The fourth-order valence-corrected chi connectivity index (χ4v) is 0.850. The van der Waals surface area contributed by atoms with Crippen LogP contribution in [0.5, 0.6) is 0 Å². The summed E-state index contributed by atoms with van der Waals surface area (Å²) in [5.74, 6) is 4.87. The Bertz CT molecular complexity index is 167. The molecule has 1 rings (SSSR count). The number of thiazole rings is 1. The van der Waals surface area contributed by atoms with Gasteiger partial charge in [-0.25, -0.2) is 0 Å². The lowest BCUT2D eigenvalue weighted by molar-refractivity contribution is 1.26. The Morgan fingerprint density at radius 3 is 3.25 bits per heavy atom. The second kappa shape index (κ2) is 2.42. The van der Waals surface area contributed by atoms with E-state index in [1.54, 1.807) is 17.9 Å². The Kier molecular flexibility index (Phi) is 1.58. The standard InChI is InChI=1S/C4H5N3S/c5-7-2-4-1-6-3-8-4/h1-3H,5H2/b7-2+. The summed E-state index contributed by atoms with van der Waals surface area (Å²) >= 11 is 1.51. The maximum absolute atomic E-state index is 4.87. The molecule has 0 saturated heterocycles. The van der Waals surface area contributed by atoms with Gasteiger partial charge in [-0.15, -0.1) is 11.3 Å². The van der Waals surface area contributed by atoms with E-state index in [-0.39, 0.29) is 0 Å². The van der Waals surface area contributed by atoms with E-state index in [0.29, 0.717) is 0 Å². The number of hydrazone groups is 1. The molecule has 0 saturated carbocycles. The maximum Gasteiger partial charge on any atom is 0.0798 e. The van der Waals surface area contributed by atoms with Crippen LogP contribution in [0.25, 0.3) is 0 Å². The highest BCUT2D eigenvalue weighted by atomic mass is 32.1. The summed E-state index contributed by atoms with van der Waals surface area (Å²) in [7, 11) is 0. The minimum atomic E-state index is 0.979. The number of nitrogens with zero attached hydrogens (tertiary/aromatic N) is 2. The van der Waals surface area contributed by atoms with Crippen molar-refractivity contribution < 1.29 is 0 Å². The lowest BCUT2D eigenvalue weighted by Crippen LogP contribution is -1.80. The number of nitrogens with two attached hydrogens (primary N) is 1. The molecule has 42 valence electrons. The first kappa shape index (κ1) is 5.24. The first-order chi connectivity index (χ1) is 3.93. The van der Waals surface area contributed by atoms with Gasteiger partial charge >= 0.3 is 0 Å². The molecule has 0 aliphatic rings. The number of rotatable bonds is 1. The highest BCUT2D eigenvalue weighted by Crippen LogP contribution is 1.99. The molecule has 0 aliphatic carbocycles. The van der Waals surface area contributed by atoms with E-state index >= 15 is 0 Å². The number of hydrogen-bond donors (Lipinski definition) is 1. The molecule has 3 nitrogen and oxygen atoms in total. The number of aromatic nitrogens is 1. The molecule has 0 aromatic carbocycles. The van der Waals surface area contributed by atoms with Gasteiger partial charge in [0.15, 0.2) is 0 Å². The molecule has 8 heavy (non-hydrogen) atoms. The van der Waals surface area contributed by atoms with E-state index in [4.69, 9.17) is 5.84 Å². The second-order valence-electron chi connectivity index (χ2n) is 1.18. The molecule has 0 aliphatic heterocycles. The third-order valence-electron chi connectivity index (χ3n) is 0.653. The van der Waals surface area contributed by atoms with Crippen LogP contribution in [0.4, 0.5) is 0 Å². The summed E-state index contributed by atoms with van der Waals surface area (Å²) in [4.78, 5) is 4.79. The largest absolute Gasteiger partial charge is 0.323 e. The molecule has 0 unspecified atom stereocenters. The van der Waals surface area contributed by atoms with Gasteiger partial charge in [-0.1, -0.05) is 0 Å². The quantitative estimate of drug-likeness (QED) is 0.338. The molecule has 1 aromatic heterocycles. The highest BCUT2D eigenvalue weighted by Gasteiger charge is 1.83. The van der Waals surface area contributed by atoms with Crippen molar-refractivity contribution in [2.45, 2.75) is 0 Å². The third kappa shape index (κ3) is 1.04. The SMILES string of the molecule is N/N=C/c1cncs1. The lowest BCUT2D eigenvalue weighted by atomic mass is 10.6. The normalized spacial score (nSPS) is 10.5. The van der Waals surface area contributed by atoms with Crippen molar-refractivity contribution in [1.29, 1.82) is 0 Å². The zero-order chi connectivity index (χ0) is 5.82. The minimum absolute atomic E-state index is 0.979. The van der Waals surface area contributed by atoms with Gasteiger partial charge in [-0.05, 0) is 0 Å². The highest BCUT2D eigenvalue weighted by molar-refractivity contribution is 7.11. The van der Waals surface area contributed by atoms with Crippen LogP contribution < -0.4 is 5.84 Å².